The van der Waals surface area contributed by atoms with Gasteiger partial charge in [0.05, 0.1) is 11.0 Å². The number of aromatic nitrogens is 3. The first-order valence-corrected chi connectivity index (χ1v) is 9.87. The summed E-state index contributed by atoms with van der Waals surface area (Å²) in [6.07, 6.45) is 10.9. The van der Waals surface area contributed by atoms with Crippen LogP contribution in [0.1, 0.15) is 51.0 Å². The number of hydrogen-bond donors (Lipinski definition) is 1. The molecule has 4 atom stereocenters. The van der Waals surface area contributed by atoms with Gasteiger partial charge in [-0.1, -0.05) is 25.1 Å². The molecule has 1 N–H and O–H groups in total. The molecule has 5 nitrogen and oxygen atoms in total. The van der Waals surface area contributed by atoms with Crippen LogP contribution in [0.25, 0.3) is 0 Å². The van der Waals surface area contributed by atoms with Crippen LogP contribution < -0.4 is 5.32 Å². The average molecular weight is 350 g/mol. The van der Waals surface area contributed by atoms with E-state index in [0.29, 0.717) is 11.8 Å². The molecule has 1 heterocycles. The van der Waals surface area contributed by atoms with Crippen LogP contribution in [0, 0.1) is 17.3 Å². The van der Waals surface area contributed by atoms with Gasteiger partial charge in [0.15, 0.2) is 0 Å². The summed E-state index contributed by atoms with van der Waals surface area (Å²) in [5.74, 6) is 1.48. The number of benzene rings is 1. The zero-order valence-corrected chi connectivity index (χ0v) is 15.3. The molecule has 1 amide bonds. The quantitative estimate of drug-likeness (QED) is 0.913. The molecule has 1 aromatic heterocycles. The molecular formula is C21H26N4O. The third-order valence-electron chi connectivity index (χ3n) is 7.06. The van der Waals surface area contributed by atoms with E-state index in [-0.39, 0.29) is 16.9 Å². The van der Waals surface area contributed by atoms with Crippen molar-refractivity contribution in [1.82, 2.24) is 14.8 Å². The van der Waals surface area contributed by atoms with Crippen LogP contribution in [0.2, 0.25) is 0 Å². The minimum Gasteiger partial charge on any atom is -0.325 e. The summed E-state index contributed by atoms with van der Waals surface area (Å²) in [7, 11) is 0. The van der Waals surface area contributed by atoms with Crippen LogP contribution in [-0.4, -0.2) is 20.7 Å². The van der Waals surface area contributed by atoms with Gasteiger partial charge in [-0.3, -0.25) is 4.79 Å². The van der Waals surface area contributed by atoms with Crippen molar-refractivity contribution >= 4 is 11.6 Å². The van der Waals surface area contributed by atoms with Crippen LogP contribution >= 0.6 is 0 Å². The van der Waals surface area contributed by atoms with Crippen LogP contribution in [0.3, 0.4) is 0 Å². The van der Waals surface area contributed by atoms with Crippen LogP contribution in [0.4, 0.5) is 5.69 Å². The van der Waals surface area contributed by atoms with E-state index in [2.05, 4.69) is 33.1 Å². The Morgan fingerprint density at radius 3 is 2.69 bits per heavy atom. The van der Waals surface area contributed by atoms with Gasteiger partial charge >= 0.3 is 0 Å². The number of carbonyl (C=O) groups excluding carboxylic acids is 1. The summed E-state index contributed by atoms with van der Waals surface area (Å²) in [6, 6.07) is 8.18. The van der Waals surface area contributed by atoms with E-state index in [1.165, 1.54) is 12.0 Å². The van der Waals surface area contributed by atoms with Crippen LogP contribution in [0.15, 0.2) is 36.9 Å². The molecule has 4 saturated carbocycles. The number of aryl methyl sites for hydroxylation is 1. The number of amides is 1. The minimum absolute atomic E-state index is 0.0117. The first-order valence-electron chi connectivity index (χ1n) is 9.87. The maximum absolute atomic E-state index is 13.5. The van der Waals surface area contributed by atoms with E-state index in [4.69, 9.17) is 0 Å². The SMILES string of the molecule is CCc1ccccc1NC(=O)C12C[C@H]3C[C@@H](C1)CC(n1cncn1)(C3)C2. The van der Waals surface area contributed by atoms with Gasteiger partial charge in [-0.2, -0.15) is 5.10 Å². The second kappa shape index (κ2) is 5.66. The van der Waals surface area contributed by atoms with Gasteiger partial charge in [0, 0.05) is 5.69 Å². The molecule has 0 saturated heterocycles. The van der Waals surface area contributed by atoms with Gasteiger partial charge in [-0.05, 0) is 68.4 Å². The lowest BCUT2D eigenvalue weighted by Crippen LogP contribution is -2.60. The molecule has 4 fully saturated rings. The van der Waals surface area contributed by atoms with Gasteiger partial charge in [0.25, 0.3) is 0 Å². The highest BCUT2D eigenvalue weighted by Crippen LogP contribution is 2.64. The Kier molecular flexibility index (Phi) is 3.49. The minimum atomic E-state index is -0.253. The Morgan fingerprint density at radius 2 is 2.00 bits per heavy atom. The third-order valence-corrected chi connectivity index (χ3v) is 7.06. The predicted octanol–water partition coefficient (Wildman–Crippen LogP) is 3.77. The first-order chi connectivity index (χ1) is 12.6. The largest absolute Gasteiger partial charge is 0.325 e. The molecule has 136 valence electrons. The molecule has 0 spiro atoms. The Balaban J connectivity index is 1.47. The van der Waals surface area contributed by atoms with Crippen molar-refractivity contribution in [3.63, 3.8) is 0 Å². The maximum Gasteiger partial charge on any atom is 0.230 e. The molecule has 4 aliphatic carbocycles. The maximum atomic E-state index is 13.5. The zero-order valence-electron chi connectivity index (χ0n) is 15.3. The van der Waals surface area contributed by atoms with Crippen molar-refractivity contribution in [3.05, 3.63) is 42.5 Å². The number of para-hydroxylation sites is 1. The number of rotatable bonds is 4. The standard InChI is InChI=1S/C21H26N4O/c1-2-17-5-3-4-6-18(17)24-19(26)20-8-15-7-16(9-20)11-21(10-15,12-20)25-14-22-13-23-25/h3-6,13-16H,2,7-12H2,1H3,(H,24,26)/t15-,16+,20?,21?. The van der Waals surface area contributed by atoms with E-state index in [1.807, 2.05) is 24.5 Å². The smallest absolute Gasteiger partial charge is 0.230 e. The van der Waals surface area contributed by atoms with Crippen molar-refractivity contribution in [3.8, 4) is 0 Å². The summed E-state index contributed by atoms with van der Waals surface area (Å²) in [5.41, 5.74) is 1.92. The monoisotopic (exact) mass is 350 g/mol. The highest BCUT2D eigenvalue weighted by Gasteiger charge is 2.61. The van der Waals surface area contributed by atoms with Gasteiger partial charge in [-0.25, -0.2) is 9.67 Å². The van der Waals surface area contributed by atoms with Gasteiger partial charge in [0.2, 0.25) is 5.91 Å². The number of nitrogens with one attached hydrogen (secondary N) is 1. The lowest BCUT2D eigenvalue weighted by atomic mass is 9.46. The second-order valence-electron chi connectivity index (χ2n) is 8.77. The molecule has 1 aromatic carbocycles. The summed E-state index contributed by atoms with van der Waals surface area (Å²) in [5, 5.41) is 7.78. The molecule has 2 aromatic rings. The summed E-state index contributed by atoms with van der Waals surface area (Å²) < 4.78 is 2.06. The van der Waals surface area contributed by atoms with E-state index < -0.39 is 0 Å². The fourth-order valence-electron chi connectivity index (χ4n) is 6.41. The summed E-state index contributed by atoms with van der Waals surface area (Å²) in [6.45, 7) is 2.13. The Hall–Kier alpha value is -2.17. The third kappa shape index (κ3) is 2.32. The van der Waals surface area contributed by atoms with Gasteiger partial charge in [-0.15, -0.1) is 0 Å². The number of hydrogen-bond acceptors (Lipinski definition) is 3. The Labute approximate surface area is 154 Å². The molecular weight excluding hydrogens is 324 g/mol. The average Bonchev–Trinajstić information content (AvgIpc) is 3.16. The number of anilines is 1. The fourth-order valence-corrected chi connectivity index (χ4v) is 6.41. The second-order valence-corrected chi connectivity index (χ2v) is 8.77. The van der Waals surface area contributed by atoms with E-state index >= 15 is 0 Å². The van der Waals surface area contributed by atoms with E-state index in [1.54, 1.807) is 6.33 Å². The molecule has 4 bridgehead atoms. The normalized spacial score (nSPS) is 34.8. The van der Waals surface area contributed by atoms with Crippen molar-refractivity contribution < 1.29 is 4.79 Å². The Morgan fingerprint density at radius 1 is 1.23 bits per heavy atom. The molecule has 4 aliphatic rings. The van der Waals surface area contributed by atoms with E-state index in [9.17, 15) is 4.79 Å². The molecule has 0 radical (unpaired) electrons. The zero-order chi connectivity index (χ0) is 17.8. The molecule has 0 aliphatic heterocycles. The van der Waals surface area contributed by atoms with Gasteiger partial charge < -0.3 is 5.32 Å². The lowest BCUT2D eigenvalue weighted by Gasteiger charge is -2.60. The topological polar surface area (TPSA) is 59.8 Å². The first kappa shape index (κ1) is 16.0. The summed E-state index contributed by atoms with van der Waals surface area (Å²) >= 11 is 0. The number of carbonyl (C=O) groups is 1. The van der Waals surface area contributed by atoms with Crippen LogP contribution in [-0.2, 0) is 16.8 Å². The molecule has 5 heteroatoms. The molecule has 2 unspecified atom stereocenters. The molecule has 6 rings (SSSR count). The fraction of sp³-hybridized carbons (Fsp3) is 0.571. The number of nitrogens with zero attached hydrogens (tertiary/aromatic N) is 3. The van der Waals surface area contributed by atoms with Crippen molar-refractivity contribution in [2.24, 2.45) is 17.3 Å². The lowest BCUT2D eigenvalue weighted by molar-refractivity contribution is -0.150. The van der Waals surface area contributed by atoms with Crippen molar-refractivity contribution in [2.45, 2.75) is 57.4 Å². The summed E-state index contributed by atoms with van der Waals surface area (Å²) in [4.78, 5) is 17.7. The molecule has 26 heavy (non-hydrogen) atoms. The Bertz CT molecular complexity index is 814. The van der Waals surface area contributed by atoms with Crippen LogP contribution in [0.5, 0.6) is 0 Å². The highest BCUT2D eigenvalue weighted by molar-refractivity contribution is 5.96. The van der Waals surface area contributed by atoms with E-state index in [0.717, 1.165) is 44.2 Å². The predicted molar refractivity (Wildman–Crippen MR) is 99.6 cm³/mol. The van der Waals surface area contributed by atoms with Crippen molar-refractivity contribution in [2.75, 3.05) is 5.32 Å². The van der Waals surface area contributed by atoms with Crippen molar-refractivity contribution in [1.29, 1.82) is 0 Å². The van der Waals surface area contributed by atoms with Gasteiger partial charge in [0.1, 0.15) is 12.7 Å². The highest BCUT2D eigenvalue weighted by atomic mass is 16.2.